The second-order valence-electron chi connectivity index (χ2n) is 8.11. The average Bonchev–Trinajstić information content (AvgIpc) is 3.24. The van der Waals surface area contributed by atoms with Gasteiger partial charge in [-0.05, 0) is 55.3 Å². The lowest BCUT2D eigenvalue weighted by Gasteiger charge is -2.36. The van der Waals surface area contributed by atoms with Crippen LogP contribution >= 0.6 is 0 Å². The van der Waals surface area contributed by atoms with Gasteiger partial charge in [-0.15, -0.1) is 0 Å². The molecular formula is C24H28N4O. The number of carbonyl (C=O) groups is 1. The molecule has 1 aromatic heterocycles. The van der Waals surface area contributed by atoms with E-state index in [1.165, 1.54) is 22.2 Å². The van der Waals surface area contributed by atoms with Gasteiger partial charge in [0.25, 0.3) is 0 Å². The summed E-state index contributed by atoms with van der Waals surface area (Å²) in [7, 11) is 0. The molecule has 0 spiro atoms. The molecule has 150 valence electrons. The number of hydrogen-bond acceptors (Lipinski definition) is 3. The third kappa shape index (κ3) is 3.75. The summed E-state index contributed by atoms with van der Waals surface area (Å²) in [6, 6.07) is 17.1. The predicted octanol–water partition coefficient (Wildman–Crippen LogP) is 3.66. The third-order valence-electron chi connectivity index (χ3n) is 6.32. The largest absolute Gasteiger partial charge is 0.369 e. The summed E-state index contributed by atoms with van der Waals surface area (Å²) >= 11 is 0. The molecule has 0 bridgehead atoms. The molecule has 2 aliphatic rings. The van der Waals surface area contributed by atoms with Crippen molar-refractivity contribution in [2.45, 2.75) is 19.3 Å². The first-order valence-corrected chi connectivity index (χ1v) is 10.7. The van der Waals surface area contributed by atoms with E-state index in [9.17, 15) is 4.79 Å². The number of piperazine rings is 1. The quantitative estimate of drug-likeness (QED) is 0.725. The normalized spacial score (nSPS) is 17.7. The van der Waals surface area contributed by atoms with Crippen LogP contribution in [0.1, 0.15) is 18.4 Å². The van der Waals surface area contributed by atoms with Crippen LogP contribution in [0.5, 0.6) is 0 Å². The van der Waals surface area contributed by atoms with E-state index in [4.69, 9.17) is 0 Å². The topological polar surface area (TPSA) is 42.6 Å². The zero-order valence-corrected chi connectivity index (χ0v) is 16.8. The summed E-state index contributed by atoms with van der Waals surface area (Å²) < 4.78 is 0. The SMILES string of the molecule is O=C1CCc2ccccc2N1CCCN1CCN(c2ccc3[nH]ccc3c2)CC1. The Hall–Kier alpha value is -2.79. The fourth-order valence-corrected chi connectivity index (χ4v) is 4.66. The Morgan fingerprint density at radius 2 is 1.76 bits per heavy atom. The molecule has 1 N–H and O–H groups in total. The number of fused-ring (bicyclic) bond motifs is 2. The number of aromatic amines is 1. The van der Waals surface area contributed by atoms with E-state index in [1.54, 1.807) is 0 Å². The van der Waals surface area contributed by atoms with Gasteiger partial charge in [0.1, 0.15) is 0 Å². The molecule has 0 atom stereocenters. The van der Waals surface area contributed by atoms with E-state index in [0.717, 1.165) is 57.8 Å². The molecule has 2 aromatic carbocycles. The van der Waals surface area contributed by atoms with Crippen LogP contribution in [-0.2, 0) is 11.2 Å². The summed E-state index contributed by atoms with van der Waals surface area (Å²) in [5.41, 5.74) is 4.93. The summed E-state index contributed by atoms with van der Waals surface area (Å²) in [6.07, 6.45) is 4.54. The smallest absolute Gasteiger partial charge is 0.227 e. The Morgan fingerprint density at radius 1 is 0.897 bits per heavy atom. The van der Waals surface area contributed by atoms with Gasteiger partial charge < -0.3 is 14.8 Å². The molecule has 5 nitrogen and oxygen atoms in total. The van der Waals surface area contributed by atoms with Gasteiger partial charge in [0, 0.05) is 67.6 Å². The summed E-state index contributed by atoms with van der Waals surface area (Å²) in [5.74, 6) is 0.272. The van der Waals surface area contributed by atoms with Crippen LogP contribution in [0.3, 0.4) is 0 Å². The van der Waals surface area contributed by atoms with Crippen molar-refractivity contribution >= 4 is 28.2 Å². The Bertz CT molecular complexity index is 1000. The van der Waals surface area contributed by atoms with Crippen molar-refractivity contribution in [3.63, 3.8) is 0 Å². The lowest BCUT2D eigenvalue weighted by Crippen LogP contribution is -2.47. The Labute approximate surface area is 171 Å². The van der Waals surface area contributed by atoms with Crippen LogP contribution in [0.2, 0.25) is 0 Å². The molecule has 3 aromatic rings. The van der Waals surface area contributed by atoms with E-state index in [1.807, 2.05) is 17.2 Å². The first-order valence-electron chi connectivity index (χ1n) is 10.7. The van der Waals surface area contributed by atoms with Crippen LogP contribution in [0.15, 0.2) is 54.7 Å². The van der Waals surface area contributed by atoms with Crippen LogP contribution < -0.4 is 9.80 Å². The molecule has 3 heterocycles. The van der Waals surface area contributed by atoms with Gasteiger partial charge in [0.15, 0.2) is 0 Å². The van der Waals surface area contributed by atoms with Gasteiger partial charge in [-0.2, -0.15) is 0 Å². The van der Waals surface area contributed by atoms with E-state index >= 15 is 0 Å². The molecule has 0 aliphatic carbocycles. The molecule has 5 rings (SSSR count). The summed E-state index contributed by atoms with van der Waals surface area (Å²) in [6.45, 7) is 6.14. The number of benzene rings is 2. The van der Waals surface area contributed by atoms with Crippen molar-refractivity contribution < 1.29 is 4.79 Å². The molecule has 2 aliphatic heterocycles. The number of aromatic nitrogens is 1. The Kier molecular flexibility index (Phi) is 4.98. The number of aryl methyl sites for hydroxylation is 1. The number of para-hydroxylation sites is 1. The first kappa shape index (κ1) is 18.3. The summed E-state index contributed by atoms with van der Waals surface area (Å²) in [5, 5.41) is 1.27. The number of anilines is 2. The van der Waals surface area contributed by atoms with E-state index in [-0.39, 0.29) is 5.91 Å². The van der Waals surface area contributed by atoms with Gasteiger partial charge in [0.05, 0.1) is 0 Å². The third-order valence-corrected chi connectivity index (χ3v) is 6.32. The van der Waals surface area contributed by atoms with E-state index < -0.39 is 0 Å². The van der Waals surface area contributed by atoms with Crippen molar-refractivity contribution in [3.05, 3.63) is 60.3 Å². The molecule has 0 saturated carbocycles. The second-order valence-corrected chi connectivity index (χ2v) is 8.11. The lowest BCUT2D eigenvalue weighted by atomic mass is 10.0. The standard InChI is InChI=1S/C24H28N4O/c29-24-9-6-19-4-1-2-5-23(19)28(24)13-3-12-26-14-16-27(17-15-26)21-7-8-22-20(18-21)10-11-25-22/h1-2,4-5,7-8,10-11,18,25H,3,6,9,12-17H2. The first-order chi connectivity index (χ1) is 14.3. The van der Waals surface area contributed by atoms with Crippen molar-refractivity contribution in [1.29, 1.82) is 0 Å². The average molecular weight is 389 g/mol. The minimum atomic E-state index is 0.272. The van der Waals surface area contributed by atoms with Crippen LogP contribution in [0.25, 0.3) is 10.9 Å². The molecule has 1 fully saturated rings. The number of nitrogens with one attached hydrogen (secondary N) is 1. The van der Waals surface area contributed by atoms with Gasteiger partial charge in [0.2, 0.25) is 5.91 Å². The molecule has 0 unspecified atom stereocenters. The number of amides is 1. The maximum absolute atomic E-state index is 12.4. The molecule has 5 heteroatoms. The minimum Gasteiger partial charge on any atom is -0.369 e. The fourth-order valence-electron chi connectivity index (χ4n) is 4.66. The highest BCUT2D eigenvalue weighted by Gasteiger charge is 2.24. The number of carbonyl (C=O) groups excluding carboxylic acids is 1. The lowest BCUT2D eigenvalue weighted by molar-refractivity contribution is -0.118. The van der Waals surface area contributed by atoms with Crippen LogP contribution in [0, 0.1) is 0 Å². The molecule has 29 heavy (non-hydrogen) atoms. The minimum absolute atomic E-state index is 0.272. The summed E-state index contributed by atoms with van der Waals surface area (Å²) in [4.78, 5) is 22.7. The zero-order valence-electron chi connectivity index (χ0n) is 16.8. The maximum atomic E-state index is 12.4. The highest BCUT2D eigenvalue weighted by atomic mass is 16.2. The van der Waals surface area contributed by atoms with Crippen molar-refractivity contribution in [1.82, 2.24) is 9.88 Å². The van der Waals surface area contributed by atoms with Gasteiger partial charge >= 0.3 is 0 Å². The van der Waals surface area contributed by atoms with Crippen molar-refractivity contribution in [3.8, 4) is 0 Å². The second kappa shape index (κ2) is 7.91. The van der Waals surface area contributed by atoms with Crippen molar-refractivity contribution in [2.24, 2.45) is 0 Å². The molecule has 1 saturated heterocycles. The molecule has 0 radical (unpaired) electrons. The number of rotatable bonds is 5. The molecular weight excluding hydrogens is 360 g/mol. The van der Waals surface area contributed by atoms with Crippen LogP contribution in [-0.4, -0.2) is 55.1 Å². The fraction of sp³-hybridized carbons (Fsp3) is 0.375. The zero-order chi connectivity index (χ0) is 19.6. The van der Waals surface area contributed by atoms with Crippen LogP contribution in [0.4, 0.5) is 11.4 Å². The highest BCUT2D eigenvalue weighted by Crippen LogP contribution is 2.27. The highest BCUT2D eigenvalue weighted by molar-refractivity contribution is 5.96. The van der Waals surface area contributed by atoms with Gasteiger partial charge in [-0.3, -0.25) is 9.69 Å². The molecule has 1 amide bonds. The van der Waals surface area contributed by atoms with Gasteiger partial charge in [-0.25, -0.2) is 0 Å². The van der Waals surface area contributed by atoms with E-state index in [2.05, 4.69) is 57.2 Å². The van der Waals surface area contributed by atoms with E-state index in [0.29, 0.717) is 6.42 Å². The number of nitrogens with zero attached hydrogens (tertiary/aromatic N) is 3. The Morgan fingerprint density at radius 3 is 2.66 bits per heavy atom. The number of hydrogen-bond donors (Lipinski definition) is 1. The van der Waals surface area contributed by atoms with Crippen molar-refractivity contribution in [2.75, 3.05) is 49.1 Å². The Balaban J connectivity index is 1.13. The maximum Gasteiger partial charge on any atom is 0.227 e. The predicted molar refractivity (Wildman–Crippen MR) is 119 cm³/mol. The number of H-pyrrole nitrogens is 1. The van der Waals surface area contributed by atoms with Gasteiger partial charge in [-0.1, -0.05) is 18.2 Å². The monoisotopic (exact) mass is 388 g/mol.